The second-order valence-electron chi connectivity index (χ2n) is 11.9. The van der Waals surface area contributed by atoms with E-state index >= 15 is 0 Å². The topological polar surface area (TPSA) is 30.0 Å². The molecule has 0 aliphatic carbocycles. The van der Waals surface area contributed by atoms with Crippen LogP contribution in [0.15, 0.2) is 23.1 Å². The number of carbonyl (C=O) groups excluding carboxylic acids is 1. The summed E-state index contributed by atoms with van der Waals surface area (Å²) >= 11 is 1.70. The zero-order valence-corrected chi connectivity index (χ0v) is 25.7. The number of allylic oxidation sites excluding steroid dienone is 3. The van der Waals surface area contributed by atoms with E-state index in [9.17, 15) is 4.79 Å². The van der Waals surface area contributed by atoms with Crippen LogP contribution in [-0.4, -0.2) is 18.8 Å². The molecule has 0 amide bonds. The fourth-order valence-electron chi connectivity index (χ4n) is 4.03. The summed E-state index contributed by atoms with van der Waals surface area (Å²) in [5.41, 5.74) is 5.80. The summed E-state index contributed by atoms with van der Waals surface area (Å²) in [5, 5.41) is 3.23. The molecular formula is C31H51NOSSi. The highest BCUT2D eigenvalue weighted by Crippen LogP contribution is 2.28. The number of hydrogen-bond donors (Lipinski definition) is 0. The van der Waals surface area contributed by atoms with Crippen molar-refractivity contribution in [2.45, 2.75) is 125 Å². The predicted molar refractivity (Wildman–Crippen MR) is 160 cm³/mol. The minimum atomic E-state index is -1.25. The van der Waals surface area contributed by atoms with E-state index < -0.39 is 8.07 Å². The van der Waals surface area contributed by atoms with Gasteiger partial charge in [0, 0.05) is 23.6 Å². The van der Waals surface area contributed by atoms with E-state index in [1.807, 2.05) is 6.92 Å². The lowest BCUT2D eigenvalue weighted by Gasteiger charge is -2.23. The van der Waals surface area contributed by atoms with Crippen LogP contribution in [0.3, 0.4) is 0 Å². The van der Waals surface area contributed by atoms with Gasteiger partial charge in [0.05, 0.1) is 10.7 Å². The van der Waals surface area contributed by atoms with Gasteiger partial charge in [-0.3, -0.25) is 4.79 Å². The number of unbranched alkanes of at least 4 members (excludes halogenated alkanes) is 3. The highest BCUT2D eigenvalue weighted by molar-refractivity contribution is 7.09. The number of hydrogen-bond acceptors (Lipinski definition) is 3. The van der Waals surface area contributed by atoms with E-state index in [0.717, 1.165) is 62.1 Å². The molecule has 4 heteroatoms. The first-order valence-corrected chi connectivity index (χ1v) is 18.0. The third-order valence-electron chi connectivity index (χ3n) is 6.46. The van der Waals surface area contributed by atoms with Crippen molar-refractivity contribution in [3.05, 3.63) is 33.8 Å². The smallest absolute Gasteiger partial charge is 0.138 e. The third-order valence-corrected chi connectivity index (χ3v) is 8.17. The highest BCUT2D eigenvalue weighted by atomic mass is 32.1. The first-order valence-electron chi connectivity index (χ1n) is 13.7. The molecule has 0 fully saturated rings. The Bertz CT molecular complexity index is 876. The molecule has 0 N–H and O–H groups in total. The molecule has 0 aliphatic heterocycles. The summed E-state index contributed by atoms with van der Waals surface area (Å²) in [6.07, 6.45) is 18.4. The number of Topliss-reactive ketones (excluding diaryl/α,β-unsaturated/α-hetero) is 1. The largest absolute Gasteiger partial charge is 0.299 e. The number of ketones is 1. The second-order valence-corrected chi connectivity index (χ2v) is 17.7. The van der Waals surface area contributed by atoms with E-state index in [1.54, 1.807) is 11.3 Å². The summed E-state index contributed by atoms with van der Waals surface area (Å²) in [7, 11) is -1.25. The molecular weight excluding hydrogens is 463 g/mol. The van der Waals surface area contributed by atoms with Crippen molar-refractivity contribution in [1.82, 2.24) is 4.98 Å². The number of nitrogens with zero attached hydrogens (tertiary/aromatic N) is 1. The second kappa shape index (κ2) is 16.3. The number of aromatic nitrogens is 1. The standard InChI is InChI=1S/C31H51NOSSi/c1-26(17-12-11-13-20-29-25-34-28(3)32-29)18-16-19-27(2)21-22-30(33)31(4,5)23-14-9-10-15-24-35(6,7)8/h13,17,20,25,27H,9-12,14,16,18-19,21-23H2,1-8H3. The number of aryl methyl sites for hydroxylation is 1. The Morgan fingerprint density at radius 3 is 2.54 bits per heavy atom. The molecule has 35 heavy (non-hydrogen) atoms. The van der Waals surface area contributed by atoms with Gasteiger partial charge >= 0.3 is 0 Å². The Kier molecular flexibility index (Phi) is 14.7. The first kappa shape index (κ1) is 31.6. The number of carbonyl (C=O) groups is 1. The molecule has 0 aromatic carbocycles. The molecule has 2 nitrogen and oxygen atoms in total. The third kappa shape index (κ3) is 16.0. The number of thiazole rings is 1. The molecule has 1 aromatic heterocycles. The monoisotopic (exact) mass is 513 g/mol. The van der Waals surface area contributed by atoms with Gasteiger partial charge < -0.3 is 0 Å². The lowest BCUT2D eigenvalue weighted by molar-refractivity contribution is -0.127. The van der Waals surface area contributed by atoms with Crippen LogP contribution in [0, 0.1) is 29.7 Å². The van der Waals surface area contributed by atoms with Crippen LogP contribution in [0.5, 0.6) is 0 Å². The molecule has 0 saturated carbocycles. The molecule has 1 atom stereocenters. The quantitative estimate of drug-likeness (QED) is 0.0952. The molecule has 0 saturated heterocycles. The van der Waals surface area contributed by atoms with Gasteiger partial charge in [-0.2, -0.15) is 0 Å². The molecule has 0 spiro atoms. The first-order chi connectivity index (χ1) is 16.4. The van der Waals surface area contributed by atoms with Crippen molar-refractivity contribution in [1.29, 1.82) is 0 Å². The Labute approximate surface area is 222 Å². The van der Waals surface area contributed by atoms with Crippen LogP contribution in [-0.2, 0) is 4.79 Å². The van der Waals surface area contributed by atoms with Crippen molar-refractivity contribution in [2.24, 2.45) is 11.3 Å². The van der Waals surface area contributed by atoms with E-state index in [0.29, 0.717) is 11.7 Å². The van der Waals surface area contributed by atoms with Gasteiger partial charge in [0.1, 0.15) is 13.9 Å². The number of rotatable bonds is 16. The molecule has 1 rings (SSSR count). The Morgan fingerprint density at radius 2 is 1.89 bits per heavy atom. The average molecular weight is 514 g/mol. The molecule has 1 aromatic rings. The maximum Gasteiger partial charge on any atom is 0.138 e. The van der Waals surface area contributed by atoms with Gasteiger partial charge in [-0.25, -0.2) is 4.98 Å². The molecule has 196 valence electrons. The molecule has 1 heterocycles. The van der Waals surface area contributed by atoms with Crippen LogP contribution < -0.4 is 0 Å². The molecule has 0 aliphatic rings. The SMILES string of the molecule is CC(=CCCC=Cc1csc(C)n1)CCCC(C)CCC(=O)C(C)(C)CCCCC#C[Si](C)(C)C. The summed E-state index contributed by atoms with van der Waals surface area (Å²) < 4.78 is 0. The highest BCUT2D eigenvalue weighted by Gasteiger charge is 2.26. The summed E-state index contributed by atoms with van der Waals surface area (Å²) in [6.45, 7) is 17.7. The maximum atomic E-state index is 12.8. The van der Waals surface area contributed by atoms with Crippen LogP contribution in [0.2, 0.25) is 19.6 Å². The van der Waals surface area contributed by atoms with Gasteiger partial charge in [0.25, 0.3) is 0 Å². The molecule has 0 radical (unpaired) electrons. The molecule has 1 unspecified atom stereocenters. The van der Waals surface area contributed by atoms with Crippen LogP contribution in [0.4, 0.5) is 0 Å². The van der Waals surface area contributed by atoms with Gasteiger partial charge in [-0.1, -0.05) is 71.0 Å². The molecule has 0 bridgehead atoms. The predicted octanol–water partition coefficient (Wildman–Crippen LogP) is 9.81. The van der Waals surface area contributed by atoms with Crippen LogP contribution in [0.1, 0.15) is 109 Å². The van der Waals surface area contributed by atoms with E-state index in [4.69, 9.17) is 0 Å². The lowest BCUT2D eigenvalue weighted by atomic mass is 9.80. The Hall–Kier alpha value is -1.44. The van der Waals surface area contributed by atoms with Crippen molar-refractivity contribution >= 4 is 31.3 Å². The van der Waals surface area contributed by atoms with Gasteiger partial charge in [-0.05, 0) is 70.8 Å². The van der Waals surface area contributed by atoms with E-state index in [2.05, 4.69) is 87.4 Å². The zero-order valence-electron chi connectivity index (χ0n) is 23.9. The minimum Gasteiger partial charge on any atom is -0.299 e. The lowest BCUT2D eigenvalue weighted by Crippen LogP contribution is -2.24. The summed E-state index contributed by atoms with van der Waals surface area (Å²) in [5.74, 6) is 4.40. The van der Waals surface area contributed by atoms with Crippen molar-refractivity contribution < 1.29 is 4.79 Å². The van der Waals surface area contributed by atoms with Crippen LogP contribution in [0.25, 0.3) is 6.08 Å². The van der Waals surface area contributed by atoms with Crippen molar-refractivity contribution in [3.63, 3.8) is 0 Å². The van der Waals surface area contributed by atoms with Crippen molar-refractivity contribution in [2.75, 3.05) is 0 Å². The van der Waals surface area contributed by atoms with E-state index in [1.165, 1.54) is 24.8 Å². The van der Waals surface area contributed by atoms with Gasteiger partial charge in [-0.15, -0.1) is 22.8 Å². The zero-order chi connectivity index (χ0) is 26.3. The van der Waals surface area contributed by atoms with Gasteiger partial charge in [0.15, 0.2) is 0 Å². The Morgan fingerprint density at radius 1 is 1.14 bits per heavy atom. The fourth-order valence-corrected chi connectivity index (χ4v) is 5.26. The summed E-state index contributed by atoms with van der Waals surface area (Å²) in [4.78, 5) is 17.3. The van der Waals surface area contributed by atoms with E-state index in [-0.39, 0.29) is 5.41 Å². The Balaban J connectivity index is 2.18. The van der Waals surface area contributed by atoms with Crippen LogP contribution >= 0.6 is 11.3 Å². The average Bonchev–Trinajstić information content (AvgIpc) is 3.18. The normalized spacial score (nSPS) is 13.7. The minimum absolute atomic E-state index is 0.196. The van der Waals surface area contributed by atoms with Gasteiger partial charge in [0.2, 0.25) is 0 Å². The maximum absolute atomic E-state index is 12.8. The van der Waals surface area contributed by atoms with Crippen molar-refractivity contribution in [3.8, 4) is 11.5 Å². The summed E-state index contributed by atoms with van der Waals surface area (Å²) in [6, 6.07) is 0. The fraction of sp³-hybridized carbons (Fsp3) is 0.677.